The number of nitrogens with two attached hydrogens (primary N) is 1. The van der Waals surface area contributed by atoms with Crippen LogP contribution in [-0.2, 0) is 0 Å². The van der Waals surface area contributed by atoms with Crippen LogP contribution < -0.4 is 5.73 Å². The Morgan fingerprint density at radius 1 is 1.47 bits per heavy atom. The zero-order chi connectivity index (χ0) is 11.0. The third-order valence-electron chi connectivity index (χ3n) is 1.95. The van der Waals surface area contributed by atoms with Gasteiger partial charge in [-0.1, -0.05) is 17.7 Å². The third kappa shape index (κ3) is 2.17. The molecule has 0 unspecified atom stereocenters. The summed E-state index contributed by atoms with van der Waals surface area (Å²) in [5.41, 5.74) is 7.68. The number of rotatable bonds is 1. The van der Waals surface area contributed by atoms with E-state index in [1.54, 1.807) is 0 Å². The first-order valence-corrected chi connectivity index (χ1v) is 6.25. The lowest BCUT2D eigenvalue weighted by atomic mass is 10.2. The first-order chi connectivity index (χ1) is 7.08. The first-order valence-electron chi connectivity index (χ1n) is 4.26. The Kier molecular flexibility index (Phi) is 3.00. The van der Waals surface area contributed by atoms with Crippen LogP contribution >= 0.6 is 38.9 Å². The quantitative estimate of drug-likeness (QED) is 0.861. The summed E-state index contributed by atoms with van der Waals surface area (Å²) in [7, 11) is 0. The molecule has 0 saturated heterocycles. The number of halogens is 2. The van der Waals surface area contributed by atoms with Crippen molar-refractivity contribution in [3.8, 4) is 11.3 Å². The lowest BCUT2D eigenvalue weighted by molar-refractivity contribution is 1.30. The Balaban J connectivity index is 2.54. The fraction of sp³-hybridized carbons (Fsp3) is 0.100. The van der Waals surface area contributed by atoms with E-state index in [9.17, 15) is 0 Å². The Hall–Kier alpha value is -0.580. The molecule has 0 radical (unpaired) electrons. The predicted octanol–water partition coefficient (Wildman–Crippen LogP) is 4.12. The lowest BCUT2D eigenvalue weighted by Gasteiger charge is -2.01. The van der Waals surface area contributed by atoms with Crippen molar-refractivity contribution in [3.05, 3.63) is 32.7 Å². The van der Waals surface area contributed by atoms with Crippen LogP contribution in [0, 0.1) is 6.92 Å². The summed E-state index contributed by atoms with van der Waals surface area (Å²) in [6, 6.07) is 5.67. The van der Waals surface area contributed by atoms with Crippen molar-refractivity contribution in [1.82, 2.24) is 4.98 Å². The zero-order valence-electron chi connectivity index (χ0n) is 7.92. The van der Waals surface area contributed by atoms with E-state index in [1.165, 1.54) is 11.3 Å². The number of hydrogen-bond donors (Lipinski definition) is 1. The molecule has 0 aliphatic carbocycles. The van der Waals surface area contributed by atoms with Gasteiger partial charge in [0.1, 0.15) is 10.7 Å². The van der Waals surface area contributed by atoms with Crippen molar-refractivity contribution in [2.24, 2.45) is 0 Å². The van der Waals surface area contributed by atoms with Crippen molar-refractivity contribution < 1.29 is 0 Å². The van der Waals surface area contributed by atoms with E-state index in [-0.39, 0.29) is 0 Å². The van der Waals surface area contributed by atoms with E-state index in [4.69, 9.17) is 17.3 Å². The highest BCUT2D eigenvalue weighted by atomic mass is 79.9. The van der Waals surface area contributed by atoms with Crippen molar-refractivity contribution >= 4 is 43.9 Å². The molecular weight excluding hydrogens is 296 g/mol. The number of hydrogen-bond acceptors (Lipinski definition) is 3. The highest BCUT2D eigenvalue weighted by molar-refractivity contribution is 9.10. The van der Waals surface area contributed by atoms with Gasteiger partial charge in [0.25, 0.3) is 0 Å². The molecule has 2 N–H and O–H groups in total. The SMILES string of the molecule is Cc1nc(-c2ccc(Cl)c(Br)c2)c(N)s1. The molecule has 1 aromatic carbocycles. The molecule has 5 heteroatoms. The van der Waals surface area contributed by atoms with Crippen LogP contribution in [0.3, 0.4) is 0 Å². The number of aromatic nitrogens is 1. The van der Waals surface area contributed by atoms with Gasteiger partial charge in [-0.05, 0) is 35.0 Å². The van der Waals surface area contributed by atoms with E-state index in [0.29, 0.717) is 5.02 Å². The molecule has 2 nitrogen and oxygen atoms in total. The molecule has 2 aromatic rings. The maximum Gasteiger partial charge on any atom is 0.114 e. The fourth-order valence-electron chi connectivity index (χ4n) is 1.29. The second-order valence-corrected chi connectivity index (χ2v) is 5.57. The van der Waals surface area contributed by atoms with Crippen LogP contribution in [0.4, 0.5) is 5.00 Å². The van der Waals surface area contributed by atoms with Crippen molar-refractivity contribution in [1.29, 1.82) is 0 Å². The van der Waals surface area contributed by atoms with Crippen LogP contribution in [0.5, 0.6) is 0 Å². The van der Waals surface area contributed by atoms with Gasteiger partial charge in [-0.15, -0.1) is 11.3 Å². The Morgan fingerprint density at radius 3 is 2.73 bits per heavy atom. The van der Waals surface area contributed by atoms with E-state index in [2.05, 4.69) is 20.9 Å². The molecule has 0 saturated carbocycles. The van der Waals surface area contributed by atoms with Crippen LogP contribution in [0.1, 0.15) is 5.01 Å². The van der Waals surface area contributed by atoms with Gasteiger partial charge in [0.15, 0.2) is 0 Å². The number of nitrogen functional groups attached to an aromatic ring is 1. The average Bonchev–Trinajstić information content (AvgIpc) is 2.50. The molecule has 0 bridgehead atoms. The molecular formula is C10H8BrClN2S. The number of nitrogens with zero attached hydrogens (tertiary/aromatic N) is 1. The van der Waals surface area contributed by atoms with Crippen LogP contribution in [0.15, 0.2) is 22.7 Å². The number of benzene rings is 1. The summed E-state index contributed by atoms with van der Waals surface area (Å²) in [5, 5.41) is 2.39. The molecule has 2 rings (SSSR count). The zero-order valence-corrected chi connectivity index (χ0v) is 11.1. The van der Waals surface area contributed by atoms with E-state index in [0.717, 1.165) is 25.7 Å². The van der Waals surface area contributed by atoms with Crippen molar-refractivity contribution in [2.45, 2.75) is 6.92 Å². The normalized spacial score (nSPS) is 10.6. The van der Waals surface area contributed by atoms with Gasteiger partial charge in [-0.3, -0.25) is 0 Å². The second-order valence-electron chi connectivity index (χ2n) is 3.07. The van der Waals surface area contributed by atoms with E-state index >= 15 is 0 Å². The van der Waals surface area contributed by atoms with Crippen LogP contribution in [-0.4, -0.2) is 4.98 Å². The van der Waals surface area contributed by atoms with Gasteiger partial charge in [-0.25, -0.2) is 4.98 Å². The van der Waals surface area contributed by atoms with Gasteiger partial charge >= 0.3 is 0 Å². The molecule has 0 amide bonds. The lowest BCUT2D eigenvalue weighted by Crippen LogP contribution is -1.86. The highest BCUT2D eigenvalue weighted by Gasteiger charge is 2.09. The van der Waals surface area contributed by atoms with Crippen LogP contribution in [0.2, 0.25) is 5.02 Å². The summed E-state index contributed by atoms with van der Waals surface area (Å²) in [5.74, 6) is 0. The van der Waals surface area contributed by atoms with Crippen molar-refractivity contribution in [3.63, 3.8) is 0 Å². The fourth-order valence-corrected chi connectivity index (χ4v) is 2.50. The van der Waals surface area contributed by atoms with Gasteiger partial charge in [0, 0.05) is 10.0 Å². The second kappa shape index (κ2) is 4.12. The summed E-state index contributed by atoms with van der Waals surface area (Å²) < 4.78 is 0.853. The molecule has 0 aliphatic rings. The molecule has 78 valence electrons. The monoisotopic (exact) mass is 302 g/mol. The van der Waals surface area contributed by atoms with E-state index < -0.39 is 0 Å². The number of thiazole rings is 1. The highest BCUT2D eigenvalue weighted by Crippen LogP contribution is 2.33. The average molecular weight is 304 g/mol. The third-order valence-corrected chi connectivity index (χ3v) is 3.97. The van der Waals surface area contributed by atoms with Gasteiger partial charge in [0.05, 0.1) is 10.0 Å². The standard InChI is InChI=1S/C10H8BrClN2S/c1-5-14-9(10(13)15-5)6-2-3-8(12)7(11)4-6/h2-4H,13H2,1H3. The Bertz CT molecular complexity index is 510. The molecule has 1 aromatic heterocycles. The molecule has 0 spiro atoms. The van der Waals surface area contributed by atoms with Crippen molar-refractivity contribution in [2.75, 3.05) is 5.73 Å². The smallest absolute Gasteiger partial charge is 0.114 e. The van der Waals surface area contributed by atoms with Gasteiger partial charge in [0.2, 0.25) is 0 Å². The Labute approximate surface area is 105 Å². The minimum Gasteiger partial charge on any atom is -0.389 e. The molecule has 0 aliphatic heterocycles. The maximum atomic E-state index is 5.92. The largest absolute Gasteiger partial charge is 0.389 e. The molecule has 1 heterocycles. The predicted molar refractivity (Wildman–Crippen MR) is 69.4 cm³/mol. The first kappa shape index (κ1) is 10.9. The summed E-state index contributed by atoms with van der Waals surface area (Å²) >= 11 is 10.8. The molecule has 15 heavy (non-hydrogen) atoms. The topological polar surface area (TPSA) is 38.9 Å². The molecule has 0 fully saturated rings. The van der Waals surface area contributed by atoms with E-state index in [1.807, 2.05) is 25.1 Å². The number of aryl methyl sites for hydroxylation is 1. The maximum absolute atomic E-state index is 5.92. The summed E-state index contributed by atoms with van der Waals surface area (Å²) in [4.78, 5) is 4.38. The summed E-state index contributed by atoms with van der Waals surface area (Å²) in [6.07, 6.45) is 0. The summed E-state index contributed by atoms with van der Waals surface area (Å²) in [6.45, 7) is 1.94. The van der Waals surface area contributed by atoms with Crippen LogP contribution in [0.25, 0.3) is 11.3 Å². The molecule has 0 atom stereocenters. The number of anilines is 1. The minimum atomic E-state index is 0.685. The minimum absolute atomic E-state index is 0.685. The Morgan fingerprint density at radius 2 is 2.20 bits per heavy atom. The van der Waals surface area contributed by atoms with Gasteiger partial charge in [-0.2, -0.15) is 0 Å². The van der Waals surface area contributed by atoms with Gasteiger partial charge < -0.3 is 5.73 Å².